The van der Waals surface area contributed by atoms with E-state index in [4.69, 9.17) is 4.74 Å². The Morgan fingerprint density at radius 2 is 2.48 bits per heavy atom. The van der Waals surface area contributed by atoms with Crippen molar-refractivity contribution in [3.63, 3.8) is 0 Å². The number of aryl methyl sites for hydroxylation is 2. The molecule has 3 heterocycles. The third kappa shape index (κ3) is 4.26. The van der Waals surface area contributed by atoms with Crippen LogP contribution >= 0.6 is 11.3 Å². The zero-order valence-electron chi connectivity index (χ0n) is 13.2. The molecular formula is C14H20N6O2S. The van der Waals surface area contributed by atoms with E-state index in [1.807, 2.05) is 12.3 Å². The molecule has 1 N–H and O–H groups in total. The molecule has 0 radical (unpaired) electrons. The van der Waals surface area contributed by atoms with Gasteiger partial charge in [0.1, 0.15) is 5.01 Å². The number of aromatic nitrogens is 4. The van der Waals surface area contributed by atoms with Gasteiger partial charge in [-0.2, -0.15) is 0 Å². The summed E-state index contributed by atoms with van der Waals surface area (Å²) in [7, 11) is 1.76. The predicted molar refractivity (Wildman–Crippen MR) is 86.3 cm³/mol. The first kappa shape index (κ1) is 15.9. The minimum absolute atomic E-state index is 0.0867. The van der Waals surface area contributed by atoms with Crippen molar-refractivity contribution in [1.82, 2.24) is 24.9 Å². The molecule has 0 aromatic carbocycles. The van der Waals surface area contributed by atoms with E-state index in [0.29, 0.717) is 18.9 Å². The van der Waals surface area contributed by atoms with Crippen LogP contribution < -0.4 is 5.32 Å². The van der Waals surface area contributed by atoms with Crippen molar-refractivity contribution in [3.05, 3.63) is 22.3 Å². The smallest absolute Gasteiger partial charge is 0.323 e. The summed E-state index contributed by atoms with van der Waals surface area (Å²) in [5.74, 6) is 0.435. The number of thiazole rings is 1. The fraction of sp³-hybridized carbons (Fsp3) is 0.571. The van der Waals surface area contributed by atoms with Gasteiger partial charge in [0.2, 0.25) is 0 Å². The topological polar surface area (TPSA) is 85.2 Å². The van der Waals surface area contributed by atoms with Crippen LogP contribution in [-0.4, -0.2) is 50.2 Å². The van der Waals surface area contributed by atoms with E-state index in [9.17, 15) is 4.79 Å². The number of carbonyl (C=O) groups is 1. The molecule has 23 heavy (non-hydrogen) atoms. The number of nitrogens with zero attached hydrogens (tertiary/aromatic N) is 5. The summed E-state index contributed by atoms with van der Waals surface area (Å²) < 4.78 is 7.21. The van der Waals surface area contributed by atoms with E-state index in [-0.39, 0.29) is 12.1 Å². The molecule has 3 rings (SSSR count). The summed E-state index contributed by atoms with van der Waals surface area (Å²) >= 11 is 1.56. The number of urea groups is 1. The molecule has 0 aliphatic carbocycles. The van der Waals surface area contributed by atoms with E-state index in [1.165, 1.54) is 0 Å². The summed E-state index contributed by atoms with van der Waals surface area (Å²) in [6.07, 6.45) is 3.77. The van der Waals surface area contributed by atoms with E-state index < -0.39 is 0 Å². The van der Waals surface area contributed by atoms with Gasteiger partial charge >= 0.3 is 6.03 Å². The van der Waals surface area contributed by atoms with E-state index in [0.717, 1.165) is 30.2 Å². The number of anilines is 1. The monoisotopic (exact) mass is 336 g/mol. The quantitative estimate of drug-likeness (QED) is 0.900. The van der Waals surface area contributed by atoms with Gasteiger partial charge in [0, 0.05) is 31.3 Å². The van der Waals surface area contributed by atoms with Crippen molar-refractivity contribution in [1.29, 1.82) is 0 Å². The Kier molecular flexibility index (Phi) is 4.87. The van der Waals surface area contributed by atoms with Crippen LogP contribution in [0.4, 0.5) is 10.6 Å². The highest BCUT2D eigenvalue weighted by atomic mass is 32.1. The molecule has 1 aliphatic heterocycles. The first-order chi connectivity index (χ1) is 11.1. The Balaban J connectivity index is 1.68. The zero-order chi connectivity index (χ0) is 16.2. The largest absolute Gasteiger partial charge is 0.376 e. The maximum Gasteiger partial charge on any atom is 0.323 e. The first-order valence-electron chi connectivity index (χ1n) is 7.55. The highest BCUT2D eigenvalue weighted by Crippen LogP contribution is 2.17. The van der Waals surface area contributed by atoms with E-state index >= 15 is 0 Å². The molecule has 2 amide bonds. The lowest BCUT2D eigenvalue weighted by Crippen LogP contribution is -2.39. The molecule has 1 atom stereocenters. The van der Waals surface area contributed by atoms with Crippen LogP contribution in [0.3, 0.4) is 0 Å². The van der Waals surface area contributed by atoms with Gasteiger partial charge in [0.05, 0.1) is 18.8 Å². The highest BCUT2D eigenvalue weighted by molar-refractivity contribution is 7.09. The lowest BCUT2D eigenvalue weighted by Gasteiger charge is -2.24. The molecule has 1 aliphatic rings. The summed E-state index contributed by atoms with van der Waals surface area (Å²) in [4.78, 5) is 18.7. The lowest BCUT2D eigenvalue weighted by molar-refractivity contribution is 0.0819. The molecule has 0 spiro atoms. The van der Waals surface area contributed by atoms with Crippen molar-refractivity contribution in [2.24, 2.45) is 7.05 Å². The van der Waals surface area contributed by atoms with Gasteiger partial charge in [-0.05, 0) is 19.8 Å². The van der Waals surface area contributed by atoms with Crippen molar-refractivity contribution in [3.8, 4) is 0 Å². The molecular weight excluding hydrogens is 316 g/mol. The van der Waals surface area contributed by atoms with Gasteiger partial charge < -0.3 is 9.64 Å². The van der Waals surface area contributed by atoms with E-state index in [2.05, 4.69) is 20.6 Å². The van der Waals surface area contributed by atoms with E-state index in [1.54, 1.807) is 34.2 Å². The van der Waals surface area contributed by atoms with Crippen LogP contribution in [0.15, 0.2) is 11.6 Å². The third-order valence-corrected chi connectivity index (χ3v) is 4.52. The van der Waals surface area contributed by atoms with Crippen LogP contribution in [0.5, 0.6) is 0 Å². The first-order valence-corrected chi connectivity index (χ1v) is 8.43. The average Bonchev–Trinajstić information content (AvgIpc) is 3.23. The minimum atomic E-state index is -0.214. The number of hydrogen-bond acceptors (Lipinski definition) is 6. The SMILES string of the molecule is Cc1csc(CN(C[C@H]2CCCO2)C(=O)Nc2cn(C)nn2)n1. The number of nitrogens with one attached hydrogen (secondary N) is 1. The molecule has 9 heteroatoms. The highest BCUT2D eigenvalue weighted by Gasteiger charge is 2.24. The molecule has 2 aromatic heterocycles. The number of rotatable bonds is 5. The van der Waals surface area contributed by atoms with Gasteiger partial charge in [0.25, 0.3) is 0 Å². The molecule has 2 aromatic rings. The standard InChI is InChI=1S/C14H20N6O2S/c1-10-9-23-13(15-10)8-20(6-11-4-3-5-22-11)14(21)16-12-7-19(2)18-17-12/h7,9,11H,3-6,8H2,1-2H3,(H,16,21)/t11-/m1/s1. The van der Waals surface area contributed by atoms with Crippen molar-refractivity contribution in [2.45, 2.75) is 32.4 Å². The van der Waals surface area contributed by atoms with Gasteiger partial charge in [-0.15, -0.1) is 16.4 Å². The summed E-state index contributed by atoms with van der Waals surface area (Å²) in [6, 6.07) is -0.214. The second-order valence-electron chi connectivity index (χ2n) is 5.61. The fourth-order valence-corrected chi connectivity index (χ4v) is 3.27. The molecule has 8 nitrogen and oxygen atoms in total. The lowest BCUT2D eigenvalue weighted by atomic mass is 10.2. The average molecular weight is 336 g/mol. The van der Waals surface area contributed by atoms with Crippen LogP contribution in [0.2, 0.25) is 0 Å². The second-order valence-corrected chi connectivity index (χ2v) is 6.55. The number of ether oxygens (including phenoxy) is 1. The molecule has 124 valence electrons. The zero-order valence-corrected chi connectivity index (χ0v) is 14.0. The van der Waals surface area contributed by atoms with Crippen LogP contribution in [-0.2, 0) is 18.3 Å². The maximum atomic E-state index is 12.6. The maximum absolute atomic E-state index is 12.6. The normalized spacial score (nSPS) is 17.4. The number of hydrogen-bond donors (Lipinski definition) is 1. The molecule has 0 bridgehead atoms. The predicted octanol–water partition coefficient (Wildman–Crippen LogP) is 1.79. The van der Waals surface area contributed by atoms with Gasteiger partial charge in [-0.25, -0.2) is 9.78 Å². The minimum Gasteiger partial charge on any atom is -0.376 e. The van der Waals surface area contributed by atoms with Crippen molar-refractivity contribution >= 4 is 23.2 Å². The summed E-state index contributed by atoms with van der Waals surface area (Å²) in [5, 5.41) is 13.4. The third-order valence-electron chi connectivity index (χ3n) is 3.57. The van der Waals surface area contributed by atoms with Crippen LogP contribution in [0.25, 0.3) is 0 Å². The second kappa shape index (κ2) is 7.05. The number of amides is 2. The Morgan fingerprint density at radius 1 is 1.61 bits per heavy atom. The number of carbonyl (C=O) groups excluding carboxylic acids is 1. The van der Waals surface area contributed by atoms with Crippen LogP contribution in [0, 0.1) is 6.92 Å². The Labute approximate surface area is 138 Å². The Morgan fingerprint density at radius 3 is 3.09 bits per heavy atom. The van der Waals surface area contributed by atoms with Gasteiger partial charge in [0.15, 0.2) is 5.82 Å². The Bertz CT molecular complexity index is 664. The molecule has 1 fully saturated rings. The van der Waals surface area contributed by atoms with Crippen LogP contribution in [0.1, 0.15) is 23.5 Å². The molecule has 0 unspecified atom stereocenters. The van der Waals surface area contributed by atoms with Crippen molar-refractivity contribution in [2.75, 3.05) is 18.5 Å². The van der Waals surface area contributed by atoms with Gasteiger partial charge in [-0.3, -0.25) is 10.00 Å². The van der Waals surface area contributed by atoms with Crippen molar-refractivity contribution < 1.29 is 9.53 Å². The Hall–Kier alpha value is -2.00. The fourth-order valence-electron chi connectivity index (χ4n) is 2.49. The molecule has 1 saturated heterocycles. The van der Waals surface area contributed by atoms with Gasteiger partial charge in [-0.1, -0.05) is 5.21 Å². The summed E-state index contributed by atoms with van der Waals surface area (Å²) in [6.45, 7) is 3.72. The summed E-state index contributed by atoms with van der Waals surface area (Å²) in [5.41, 5.74) is 0.969. The molecule has 0 saturated carbocycles.